The molecule has 1 aliphatic rings. The Bertz CT molecular complexity index is 678. The lowest BCUT2D eigenvalue weighted by atomic mass is 10.0. The number of aryl methyl sites for hydroxylation is 1. The highest BCUT2D eigenvalue weighted by Gasteiger charge is 2.24. The number of hydrogen-bond donors (Lipinski definition) is 1. The van der Waals surface area contributed by atoms with E-state index in [9.17, 15) is 4.79 Å². The van der Waals surface area contributed by atoms with Crippen molar-refractivity contribution < 1.29 is 4.79 Å². The van der Waals surface area contributed by atoms with Gasteiger partial charge in [-0.05, 0) is 12.8 Å². The molecule has 0 bridgehead atoms. The van der Waals surface area contributed by atoms with Crippen LogP contribution in [0.1, 0.15) is 24.6 Å². The highest BCUT2D eigenvalue weighted by molar-refractivity contribution is 5.74. The molecule has 2 heterocycles. The van der Waals surface area contributed by atoms with Crippen molar-refractivity contribution in [2.75, 3.05) is 19.6 Å². The summed E-state index contributed by atoms with van der Waals surface area (Å²) in [4.78, 5) is 14.1. The van der Waals surface area contributed by atoms with Gasteiger partial charge < -0.3 is 10.2 Å². The van der Waals surface area contributed by atoms with Crippen LogP contribution in [0.2, 0.25) is 0 Å². The summed E-state index contributed by atoms with van der Waals surface area (Å²) in [6.07, 6.45) is 2.67. The topological polar surface area (TPSA) is 50.2 Å². The molecule has 1 aromatic heterocycles. The Kier molecular flexibility index (Phi) is 4.65. The molecule has 0 spiro atoms. The molecule has 0 fully saturated rings. The van der Waals surface area contributed by atoms with Crippen molar-refractivity contribution >= 4 is 6.03 Å². The number of urea groups is 1. The average Bonchev–Trinajstić information content (AvgIpc) is 2.75. The molecule has 0 saturated carbocycles. The van der Waals surface area contributed by atoms with Crippen molar-refractivity contribution in [3.05, 3.63) is 41.6 Å². The van der Waals surface area contributed by atoms with Crippen molar-refractivity contribution in [2.24, 2.45) is 7.05 Å². The summed E-state index contributed by atoms with van der Waals surface area (Å²) in [6.45, 7) is 4.29. The Labute approximate surface area is 137 Å². The summed E-state index contributed by atoms with van der Waals surface area (Å²) in [7, 11) is 2.00. The molecule has 0 atom stereocenters. The van der Waals surface area contributed by atoms with E-state index in [1.165, 1.54) is 11.3 Å². The molecule has 23 heavy (non-hydrogen) atoms. The molecule has 0 aliphatic carbocycles. The monoisotopic (exact) mass is 312 g/mol. The molecule has 1 aromatic carbocycles. The first-order valence-electron chi connectivity index (χ1n) is 8.33. The molecule has 3 rings (SSSR count). The van der Waals surface area contributed by atoms with Crippen molar-refractivity contribution in [1.29, 1.82) is 0 Å². The van der Waals surface area contributed by atoms with Crippen LogP contribution in [0.4, 0.5) is 4.79 Å². The van der Waals surface area contributed by atoms with Crippen LogP contribution in [-0.2, 0) is 19.9 Å². The third kappa shape index (κ3) is 3.23. The van der Waals surface area contributed by atoms with Crippen LogP contribution in [0.25, 0.3) is 11.3 Å². The van der Waals surface area contributed by atoms with E-state index < -0.39 is 0 Å². The van der Waals surface area contributed by atoms with Gasteiger partial charge in [0.2, 0.25) is 0 Å². The van der Waals surface area contributed by atoms with Gasteiger partial charge in [0.25, 0.3) is 0 Å². The first kappa shape index (κ1) is 15.6. The SMILES string of the molecule is CCCNC(=O)N1CCc2c(-c3ccccc3)nn(C)c2CC1. The molecular weight excluding hydrogens is 288 g/mol. The fourth-order valence-corrected chi connectivity index (χ4v) is 3.15. The first-order chi connectivity index (χ1) is 11.2. The molecular formula is C18H24N4O. The van der Waals surface area contributed by atoms with Crippen LogP contribution in [0.3, 0.4) is 0 Å². The Balaban J connectivity index is 1.82. The minimum Gasteiger partial charge on any atom is -0.338 e. The van der Waals surface area contributed by atoms with Crippen molar-refractivity contribution in [3.8, 4) is 11.3 Å². The van der Waals surface area contributed by atoms with Gasteiger partial charge in [-0.15, -0.1) is 0 Å². The number of benzene rings is 1. The normalized spacial score (nSPS) is 14.3. The van der Waals surface area contributed by atoms with E-state index >= 15 is 0 Å². The second-order valence-electron chi connectivity index (χ2n) is 5.98. The zero-order valence-electron chi connectivity index (χ0n) is 13.9. The van der Waals surface area contributed by atoms with Gasteiger partial charge in [-0.2, -0.15) is 5.10 Å². The van der Waals surface area contributed by atoms with Crippen molar-refractivity contribution in [3.63, 3.8) is 0 Å². The fourth-order valence-electron chi connectivity index (χ4n) is 3.15. The van der Waals surface area contributed by atoms with Crippen LogP contribution in [0.15, 0.2) is 30.3 Å². The third-order valence-electron chi connectivity index (χ3n) is 4.39. The molecule has 2 amide bonds. The number of fused-ring (bicyclic) bond motifs is 1. The molecule has 0 radical (unpaired) electrons. The first-order valence-corrected chi connectivity index (χ1v) is 8.33. The number of amides is 2. The lowest BCUT2D eigenvalue weighted by Gasteiger charge is -2.20. The average molecular weight is 312 g/mol. The number of nitrogens with one attached hydrogen (secondary N) is 1. The molecule has 0 unspecified atom stereocenters. The number of hydrogen-bond acceptors (Lipinski definition) is 2. The maximum absolute atomic E-state index is 12.2. The van der Waals surface area contributed by atoms with Gasteiger partial charge in [0, 0.05) is 49.9 Å². The van der Waals surface area contributed by atoms with Gasteiger partial charge in [-0.25, -0.2) is 4.79 Å². The second kappa shape index (κ2) is 6.86. The van der Waals surface area contributed by atoms with E-state index in [1.54, 1.807) is 0 Å². The fraction of sp³-hybridized carbons (Fsp3) is 0.444. The molecule has 5 nitrogen and oxygen atoms in total. The zero-order valence-corrected chi connectivity index (χ0v) is 13.9. The molecule has 0 saturated heterocycles. The number of carbonyl (C=O) groups excluding carboxylic acids is 1. The van der Waals surface area contributed by atoms with E-state index in [0.717, 1.165) is 50.2 Å². The largest absolute Gasteiger partial charge is 0.338 e. The Morgan fingerprint density at radius 1 is 1.22 bits per heavy atom. The Morgan fingerprint density at radius 3 is 2.70 bits per heavy atom. The minimum atomic E-state index is 0.0499. The van der Waals surface area contributed by atoms with Crippen LogP contribution in [0, 0.1) is 0 Å². The minimum absolute atomic E-state index is 0.0499. The van der Waals surface area contributed by atoms with Crippen LogP contribution in [0.5, 0.6) is 0 Å². The summed E-state index contributed by atoms with van der Waals surface area (Å²) in [5.41, 5.74) is 4.73. The van der Waals surface area contributed by atoms with Gasteiger partial charge >= 0.3 is 6.03 Å². The van der Waals surface area contributed by atoms with Crippen LogP contribution < -0.4 is 5.32 Å². The highest BCUT2D eigenvalue weighted by atomic mass is 16.2. The quantitative estimate of drug-likeness (QED) is 0.947. The standard InChI is InChI=1S/C18H24N4O/c1-3-11-19-18(23)22-12-9-15-16(10-13-22)21(2)20-17(15)14-7-5-4-6-8-14/h4-8H,3,9-13H2,1-2H3,(H,19,23). The lowest BCUT2D eigenvalue weighted by molar-refractivity contribution is 0.200. The number of aromatic nitrogens is 2. The summed E-state index contributed by atoms with van der Waals surface area (Å²) < 4.78 is 1.98. The Hall–Kier alpha value is -2.30. The van der Waals surface area contributed by atoms with E-state index in [4.69, 9.17) is 5.10 Å². The maximum Gasteiger partial charge on any atom is 0.317 e. The summed E-state index contributed by atoms with van der Waals surface area (Å²) in [5.74, 6) is 0. The third-order valence-corrected chi connectivity index (χ3v) is 4.39. The van der Waals surface area contributed by atoms with Gasteiger partial charge in [0.15, 0.2) is 0 Å². The zero-order chi connectivity index (χ0) is 16.2. The van der Waals surface area contributed by atoms with Gasteiger partial charge in [0.1, 0.15) is 0 Å². The molecule has 5 heteroatoms. The summed E-state index contributed by atoms with van der Waals surface area (Å²) >= 11 is 0. The van der Waals surface area contributed by atoms with Crippen LogP contribution >= 0.6 is 0 Å². The number of rotatable bonds is 3. The highest BCUT2D eigenvalue weighted by Crippen LogP contribution is 2.27. The van der Waals surface area contributed by atoms with E-state index in [1.807, 2.05) is 34.8 Å². The van der Waals surface area contributed by atoms with Crippen LogP contribution in [-0.4, -0.2) is 40.3 Å². The second-order valence-corrected chi connectivity index (χ2v) is 5.98. The molecule has 2 aromatic rings. The predicted octanol–water partition coefficient (Wildman–Crippen LogP) is 2.61. The smallest absolute Gasteiger partial charge is 0.317 e. The summed E-state index contributed by atoms with van der Waals surface area (Å²) in [5, 5.41) is 7.70. The van der Waals surface area contributed by atoms with Gasteiger partial charge in [-0.1, -0.05) is 37.3 Å². The number of carbonyl (C=O) groups is 1. The van der Waals surface area contributed by atoms with Crippen molar-refractivity contribution in [1.82, 2.24) is 20.0 Å². The van der Waals surface area contributed by atoms with Crippen molar-refractivity contribution in [2.45, 2.75) is 26.2 Å². The maximum atomic E-state index is 12.2. The van der Waals surface area contributed by atoms with E-state index in [2.05, 4.69) is 24.4 Å². The van der Waals surface area contributed by atoms with E-state index in [-0.39, 0.29) is 6.03 Å². The van der Waals surface area contributed by atoms with Gasteiger partial charge in [-0.3, -0.25) is 4.68 Å². The predicted molar refractivity (Wildman–Crippen MR) is 91.3 cm³/mol. The van der Waals surface area contributed by atoms with Gasteiger partial charge in [0.05, 0.1) is 5.69 Å². The molecule has 1 aliphatic heterocycles. The lowest BCUT2D eigenvalue weighted by Crippen LogP contribution is -2.41. The summed E-state index contributed by atoms with van der Waals surface area (Å²) in [6, 6.07) is 10.3. The molecule has 122 valence electrons. The Morgan fingerprint density at radius 2 is 1.96 bits per heavy atom. The number of nitrogens with zero attached hydrogens (tertiary/aromatic N) is 3. The molecule has 1 N–H and O–H groups in total. The van der Waals surface area contributed by atoms with E-state index in [0.29, 0.717) is 0 Å².